The standard InChI is InChI=1S/C22H23N3O2S/c1-14-15(2)28-21-19(14)22(26)25-8-7-17(20(25)23-21)13-16-3-5-18(6-4-16)24-9-11-27-12-10-24/h3-6,13H,7-12H2,1-2H3/b17-13-. The first-order chi connectivity index (χ1) is 13.6. The molecular weight excluding hydrogens is 370 g/mol. The van der Waals surface area contributed by atoms with Gasteiger partial charge in [0.1, 0.15) is 10.7 Å². The van der Waals surface area contributed by atoms with E-state index in [0.717, 1.165) is 65.5 Å². The topological polar surface area (TPSA) is 47.4 Å². The second-order valence-electron chi connectivity index (χ2n) is 7.47. The van der Waals surface area contributed by atoms with E-state index in [2.05, 4.69) is 42.2 Å². The van der Waals surface area contributed by atoms with Crippen molar-refractivity contribution in [2.24, 2.45) is 0 Å². The van der Waals surface area contributed by atoms with Crippen molar-refractivity contribution in [3.8, 4) is 0 Å². The Kier molecular flexibility index (Phi) is 4.33. The van der Waals surface area contributed by atoms with Gasteiger partial charge >= 0.3 is 0 Å². The second kappa shape index (κ2) is 6.87. The molecule has 1 saturated heterocycles. The third-order valence-corrected chi connectivity index (χ3v) is 6.89. The van der Waals surface area contributed by atoms with Crippen LogP contribution in [0.15, 0.2) is 29.1 Å². The molecule has 1 aromatic carbocycles. The summed E-state index contributed by atoms with van der Waals surface area (Å²) in [7, 11) is 0. The van der Waals surface area contributed by atoms with Crippen LogP contribution in [-0.2, 0) is 11.3 Å². The number of allylic oxidation sites excluding steroid dienone is 1. The van der Waals surface area contributed by atoms with Crippen molar-refractivity contribution < 1.29 is 4.74 Å². The number of fused-ring (bicyclic) bond motifs is 2. The molecule has 0 aliphatic carbocycles. The van der Waals surface area contributed by atoms with E-state index in [1.165, 1.54) is 10.6 Å². The summed E-state index contributed by atoms with van der Waals surface area (Å²) in [5.41, 5.74) is 4.70. The number of ether oxygens (including phenoxy) is 1. The van der Waals surface area contributed by atoms with Gasteiger partial charge in [0.2, 0.25) is 0 Å². The lowest BCUT2D eigenvalue weighted by Crippen LogP contribution is -2.36. The van der Waals surface area contributed by atoms with E-state index < -0.39 is 0 Å². The maximum atomic E-state index is 13.0. The van der Waals surface area contributed by atoms with Crippen LogP contribution in [0.1, 0.15) is 28.2 Å². The Morgan fingerprint density at radius 1 is 1.11 bits per heavy atom. The molecule has 5 nitrogen and oxygen atoms in total. The maximum absolute atomic E-state index is 13.0. The number of hydrogen-bond donors (Lipinski definition) is 0. The highest BCUT2D eigenvalue weighted by Crippen LogP contribution is 2.32. The third kappa shape index (κ3) is 2.88. The van der Waals surface area contributed by atoms with E-state index in [0.29, 0.717) is 6.54 Å². The summed E-state index contributed by atoms with van der Waals surface area (Å²) in [6.45, 7) is 8.25. The number of morpholine rings is 1. The second-order valence-corrected chi connectivity index (χ2v) is 8.67. The molecule has 0 unspecified atom stereocenters. The molecule has 1 fully saturated rings. The van der Waals surface area contributed by atoms with Crippen LogP contribution >= 0.6 is 11.3 Å². The van der Waals surface area contributed by atoms with Gasteiger partial charge in [0, 0.05) is 30.2 Å². The van der Waals surface area contributed by atoms with E-state index in [1.54, 1.807) is 11.3 Å². The number of hydrogen-bond acceptors (Lipinski definition) is 5. The first kappa shape index (κ1) is 17.6. The van der Waals surface area contributed by atoms with Crippen LogP contribution in [0.25, 0.3) is 21.9 Å². The molecule has 28 heavy (non-hydrogen) atoms. The quantitative estimate of drug-likeness (QED) is 0.663. The Morgan fingerprint density at radius 3 is 2.61 bits per heavy atom. The molecule has 0 atom stereocenters. The summed E-state index contributed by atoms with van der Waals surface area (Å²) in [5.74, 6) is 0.830. The van der Waals surface area contributed by atoms with Crippen LogP contribution in [-0.4, -0.2) is 35.9 Å². The van der Waals surface area contributed by atoms with Crippen molar-refractivity contribution in [1.29, 1.82) is 0 Å². The van der Waals surface area contributed by atoms with Gasteiger partial charge in [-0.05, 0) is 55.2 Å². The average molecular weight is 394 g/mol. The summed E-state index contributed by atoms with van der Waals surface area (Å²) < 4.78 is 7.27. The molecule has 0 bridgehead atoms. The highest BCUT2D eigenvalue weighted by Gasteiger charge is 2.23. The normalized spacial score (nSPS) is 18.2. The van der Waals surface area contributed by atoms with Crippen molar-refractivity contribution in [3.05, 3.63) is 56.4 Å². The van der Waals surface area contributed by atoms with Crippen LogP contribution in [0.2, 0.25) is 0 Å². The Morgan fingerprint density at radius 2 is 1.86 bits per heavy atom. The number of nitrogens with zero attached hydrogens (tertiary/aromatic N) is 3. The number of anilines is 1. The SMILES string of the molecule is Cc1sc2nc3n(c(=O)c2c1C)CC/C3=C/c1ccc(N2CCOCC2)cc1. The highest BCUT2D eigenvalue weighted by molar-refractivity contribution is 7.18. The summed E-state index contributed by atoms with van der Waals surface area (Å²) >= 11 is 1.62. The first-order valence-electron chi connectivity index (χ1n) is 9.76. The van der Waals surface area contributed by atoms with Crippen LogP contribution in [0.3, 0.4) is 0 Å². The Hall–Kier alpha value is -2.44. The first-order valence-corrected chi connectivity index (χ1v) is 10.6. The van der Waals surface area contributed by atoms with Gasteiger partial charge in [0.25, 0.3) is 5.56 Å². The van der Waals surface area contributed by atoms with Crippen molar-refractivity contribution >= 4 is 38.9 Å². The zero-order chi connectivity index (χ0) is 19.3. The van der Waals surface area contributed by atoms with Crippen LogP contribution in [0, 0.1) is 13.8 Å². The van der Waals surface area contributed by atoms with Gasteiger partial charge in [-0.15, -0.1) is 11.3 Å². The lowest BCUT2D eigenvalue weighted by atomic mass is 10.1. The van der Waals surface area contributed by atoms with E-state index in [1.807, 2.05) is 11.5 Å². The molecule has 5 rings (SSSR count). The zero-order valence-electron chi connectivity index (χ0n) is 16.2. The summed E-state index contributed by atoms with van der Waals surface area (Å²) in [4.78, 5) is 22.2. The Labute approximate surface area is 167 Å². The summed E-state index contributed by atoms with van der Waals surface area (Å²) in [5, 5.41) is 0.794. The molecule has 4 heterocycles. The van der Waals surface area contributed by atoms with Crippen molar-refractivity contribution in [2.45, 2.75) is 26.8 Å². The number of thiophene rings is 1. The average Bonchev–Trinajstić information content (AvgIpc) is 3.24. The number of benzene rings is 1. The van der Waals surface area contributed by atoms with Gasteiger partial charge in [-0.2, -0.15) is 0 Å². The molecule has 2 aromatic heterocycles. The monoisotopic (exact) mass is 393 g/mol. The number of aromatic nitrogens is 2. The largest absolute Gasteiger partial charge is 0.378 e. The van der Waals surface area contributed by atoms with Crippen LogP contribution in [0.5, 0.6) is 0 Å². The van der Waals surface area contributed by atoms with Gasteiger partial charge in [0.05, 0.1) is 18.6 Å². The minimum atomic E-state index is 0.105. The summed E-state index contributed by atoms with van der Waals surface area (Å²) in [6, 6.07) is 8.64. The lowest BCUT2D eigenvalue weighted by Gasteiger charge is -2.28. The zero-order valence-corrected chi connectivity index (χ0v) is 17.0. The maximum Gasteiger partial charge on any atom is 0.262 e. The highest BCUT2D eigenvalue weighted by atomic mass is 32.1. The molecule has 2 aliphatic rings. The Balaban J connectivity index is 1.49. The molecule has 6 heteroatoms. The minimum Gasteiger partial charge on any atom is -0.378 e. The van der Waals surface area contributed by atoms with Gasteiger partial charge < -0.3 is 9.64 Å². The molecule has 0 saturated carbocycles. The molecule has 3 aromatic rings. The smallest absolute Gasteiger partial charge is 0.262 e. The number of aryl methyl sites for hydroxylation is 2. The predicted octanol–water partition coefficient (Wildman–Crippen LogP) is 3.86. The Bertz CT molecular complexity index is 1140. The molecule has 2 aliphatic heterocycles. The molecule has 0 amide bonds. The fourth-order valence-electron chi connectivity index (χ4n) is 4.06. The predicted molar refractivity (Wildman–Crippen MR) is 115 cm³/mol. The van der Waals surface area contributed by atoms with E-state index in [9.17, 15) is 4.79 Å². The van der Waals surface area contributed by atoms with E-state index >= 15 is 0 Å². The lowest BCUT2D eigenvalue weighted by molar-refractivity contribution is 0.122. The van der Waals surface area contributed by atoms with Crippen molar-refractivity contribution in [2.75, 3.05) is 31.2 Å². The third-order valence-electron chi connectivity index (χ3n) is 5.79. The summed E-state index contributed by atoms with van der Waals surface area (Å²) in [6.07, 6.45) is 3.02. The van der Waals surface area contributed by atoms with Crippen molar-refractivity contribution in [1.82, 2.24) is 9.55 Å². The van der Waals surface area contributed by atoms with Crippen LogP contribution in [0.4, 0.5) is 5.69 Å². The molecule has 0 spiro atoms. The van der Waals surface area contributed by atoms with Crippen molar-refractivity contribution in [3.63, 3.8) is 0 Å². The van der Waals surface area contributed by atoms with Gasteiger partial charge in [-0.1, -0.05) is 12.1 Å². The van der Waals surface area contributed by atoms with Gasteiger partial charge in [-0.25, -0.2) is 4.98 Å². The van der Waals surface area contributed by atoms with E-state index in [-0.39, 0.29) is 5.56 Å². The number of rotatable bonds is 2. The molecule has 0 N–H and O–H groups in total. The van der Waals surface area contributed by atoms with Gasteiger partial charge in [-0.3, -0.25) is 9.36 Å². The van der Waals surface area contributed by atoms with Crippen LogP contribution < -0.4 is 10.5 Å². The molecular formula is C22H23N3O2S. The molecule has 0 radical (unpaired) electrons. The van der Waals surface area contributed by atoms with E-state index in [4.69, 9.17) is 9.72 Å². The fourth-order valence-corrected chi connectivity index (χ4v) is 5.08. The molecule has 144 valence electrons. The van der Waals surface area contributed by atoms with Gasteiger partial charge in [0.15, 0.2) is 0 Å². The fraction of sp³-hybridized carbons (Fsp3) is 0.364. The minimum absolute atomic E-state index is 0.105.